The number of aromatic nitrogens is 2. The molecule has 7 nitrogen and oxygen atoms in total. The van der Waals surface area contributed by atoms with E-state index in [1.54, 1.807) is 23.7 Å². The number of sulfone groups is 1. The maximum absolute atomic E-state index is 13.2. The standard InChI is InChI=1S/C26H36N2O5S/c1-7-12-26(13-8-2)23(29)21(24(30)33-26)22(25(3,4)5)19-11-9-10-18(14-19)16-34(31,32)20-15-28(6)17-27-20/h9-11,14-15,17,22,29H,7-8,12-13,16H2,1-6H3. The lowest BCUT2D eigenvalue weighted by Crippen LogP contribution is -2.31. The molecule has 1 aliphatic rings. The van der Waals surface area contributed by atoms with E-state index in [1.165, 1.54) is 12.5 Å². The number of aliphatic hydroxyl groups is 1. The van der Waals surface area contributed by atoms with Gasteiger partial charge in [-0.2, -0.15) is 0 Å². The van der Waals surface area contributed by atoms with Crippen LogP contribution in [-0.2, 0) is 32.2 Å². The summed E-state index contributed by atoms with van der Waals surface area (Å²) in [6, 6.07) is 7.23. The Bertz CT molecular complexity index is 1180. The van der Waals surface area contributed by atoms with Crippen molar-refractivity contribution in [1.29, 1.82) is 0 Å². The van der Waals surface area contributed by atoms with Crippen molar-refractivity contribution in [1.82, 2.24) is 9.55 Å². The molecule has 2 aromatic rings. The van der Waals surface area contributed by atoms with Crippen LogP contribution in [-0.4, -0.2) is 34.6 Å². The van der Waals surface area contributed by atoms with Gasteiger partial charge in [-0.05, 0) is 29.4 Å². The third kappa shape index (κ3) is 5.06. The highest BCUT2D eigenvalue weighted by atomic mass is 32.2. The Morgan fingerprint density at radius 2 is 1.82 bits per heavy atom. The first-order valence-electron chi connectivity index (χ1n) is 11.8. The first kappa shape index (κ1) is 26.0. The van der Waals surface area contributed by atoms with E-state index in [0.29, 0.717) is 18.4 Å². The van der Waals surface area contributed by atoms with E-state index in [1.807, 2.05) is 46.8 Å². The monoisotopic (exact) mass is 488 g/mol. The second-order valence-electron chi connectivity index (χ2n) is 10.3. The molecule has 0 saturated heterocycles. The lowest BCUT2D eigenvalue weighted by Gasteiger charge is -2.31. The molecule has 0 spiro atoms. The number of ether oxygens (including phenoxy) is 1. The van der Waals surface area contributed by atoms with Crippen molar-refractivity contribution < 1.29 is 23.1 Å². The van der Waals surface area contributed by atoms with Crippen molar-refractivity contribution in [3.05, 3.63) is 59.2 Å². The van der Waals surface area contributed by atoms with E-state index >= 15 is 0 Å². The van der Waals surface area contributed by atoms with Gasteiger partial charge in [-0.1, -0.05) is 71.7 Å². The number of rotatable bonds is 9. The summed E-state index contributed by atoms with van der Waals surface area (Å²) in [5.41, 5.74) is 0.217. The van der Waals surface area contributed by atoms with Gasteiger partial charge in [-0.25, -0.2) is 18.2 Å². The van der Waals surface area contributed by atoms with Gasteiger partial charge in [0.15, 0.2) is 10.6 Å². The van der Waals surface area contributed by atoms with Gasteiger partial charge < -0.3 is 14.4 Å². The van der Waals surface area contributed by atoms with Gasteiger partial charge in [0.1, 0.15) is 5.76 Å². The van der Waals surface area contributed by atoms with Crippen molar-refractivity contribution in [3.63, 3.8) is 0 Å². The molecule has 0 aliphatic carbocycles. The Kier molecular flexibility index (Phi) is 7.31. The maximum Gasteiger partial charge on any atom is 0.339 e. The molecule has 186 valence electrons. The van der Waals surface area contributed by atoms with Gasteiger partial charge in [-0.15, -0.1) is 0 Å². The molecule has 1 atom stereocenters. The zero-order chi connectivity index (χ0) is 25.3. The first-order valence-corrected chi connectivity index (χ1v) is 13.5. The Hall–Kier alpha value is -2.61. The van der Waals surface area contributed by atoms with Crippen LogP contribution in [0, 0.1) is 5.41 Å². The average Bonchev–Trinajstić information content (AvgIpc) is 3.26. The number of aliphatic hydroxyl groups excluding tert-OH is 1. The Morgan fingerprint density at radius 3 is 2.35 bits per heavy atom. The van der Waals surface area contributed by atoms with Crippen LogP contribution in [0.1, 0.15) is 77.3 Å². The predicted octanol–water partition coefficient (Wildman–Crippen LogP) is 5.23. The summed E-state index contributed by atoms with van der Waals surface area (Å²) >= 11 is 0. The smallest absolute Gasteiger partial charge is 0.339 e. The average molecular weight is 489 g/mol. The van der Waals surface area contributed by atoms with Crippen molar-refractivity contribution in [2.45, 2.75) is 82.6 Å². The van der Waals surface area contributed by atoms with Crippen LogP contribution in [0.4, 0.5) is 0 Å². The SMILES string of the molecule is CCCC1(CCC)OC(=O)C(C(c2cccc(CS(=O)(=O)c3cn(C)cn3)c2)C(C)(C)C)=C1O. The second kappa shape index (κ2) is 9.56. The van der Waals surface area contributed by atoms with Gasteiger partial charge in [0.05, 0.1) is 17.7 Å². The molecule has 0 saturated carbocycles. The van der Waals surface area contributed by atoms with Gasteiger partial charge in [0, 0.05) is 19.2 Å². The fourth-order valence-corrected chi connectivity index (χ4v) is 6.25. The molecule has 0 amide bonds. The van der Waals surface area contributed by atoms with Gasteiger partial charge in [-0.3, -0.25) is 0 Å². The summed E-state index contributed by atoms with van der Waals surface area (Å²) in [4.78, 5) is 17.2. The summed E-state index contributed by atoms with van der Waals surface area (Å²) in [6.07, 6.45) is 5.59. The first-order chi connectivity index (χ1) is 15.8. The Balaban J connectivity index is 2.06. The molecule has 0 radical (unpaired) electrons. The molecular weight excluding hydrogens is 452 g/mol. The van der Waals surface area contributed by atoms with E-state index in [4.69, 9.17) is 4.74 Å². The molecule has 1 aliphatic heterocycles. The minimum Gasteiger partial charge on any atom is -0.507 e. The number of carbonyl (C=O) groups is 1. The Labute approximate surface area is 202 Å². The van der Waals surface area contributed by atoms with Crippen molar-refractivity contribution in [2.24, 2.45) is 12.5 Å². The number of imidazole rings is 1. The summed E-state index contributed by atoms with van der Waals surface area (Å²) in [6.45, 7) is 10.0. The highest BCUT2D eigenvalue weighted by Crippen LogP contribution is 2.49. The van der Waals surface area contributed by atoms with Gasteiger partial charge in [0.2, 0.25) is 9.84 Å². The van der Waals surface area contributed by atoms with Crippen molar-refractivity contribution >= 4 is 15.8 Å². The summed E-state index contributed by atoms with van der Waals surface area (Å²) < 4.78 is 33.2. The topological polar surface area (TPSA) is 98.5 Å². The highest BCUT2D eigenvalue weighted by Gasteiger charge is 2.51. The van der Waals surface area contributed by atoms with E-state index < -0.39 is 32.7 Å². The zero-order valence-corrected chi connectivity index (χ0v) is 21.8. The van der Waals surface area contributed by atoms with Crippen LogP contribution in [0.2, 0.25) is 0 Å². The maximum atomic E-state index is 13.2. The molecule has 0 bridgehead atoms. The van der Waals surface area contributed by atoms with E-state index in [9.17, 15) is 18.3 Å². The number of esters is 1. The third-order valence-electron chi connectivity index (χ3n) is 6.30. The fraction of sp³-hybridized carbons (Fsp3) is 0.538. The molecule has 2 heterocycles. The Morgan fingerprint density at radius 1 is 1.18 bits per heavy atom. The molecule has 1 aromatic carbocycles. The summed E-state index contributed by atoms with van der Waals surface area (Å²) in [5, 5.41) is 11.4. The third-order valence-corrected chi connectivity index (χ3v) is 7.86. The van der Waals surface area contributed by atoms with Crippen molar-refractivity contribution in [3.8, 4) is 0 Å². The summed E-state index contributed by atoms with van der Waals surface area (Å²) in [7, 11) is -1.91. The lowest BCUT2D eigenvalue weighted by molar-refractivity contribution is -0.150. The molecule has 34 heavy (non-hydrogen) atoms. The lowest BCUT2D eigenvalue weighted by atomic mass is 9.71. The molecule has 1 aromatic heterocycles. The van der Waals surface area contributed by atoms with Crippen LogP contribution in [0.15, 0.2) is 53.1 Å². The zero-order valence-electron chi connectivity index (χ0n) is 21.0. The minimum atomic E-state index is -3.63. The quantitative estimate of drug-likeness (QED) is 0.485. The molecule has 0 fully saturated rings. The van der Waals surface area contributed by atoms with E-state index in [-0.39, 0.29) is 22.1 Å². The van der Waals surface area contributed by atoms with Crippen LogP contribution in [0.5, 0.6) is 0 Å². The summed E-state index contributed by atoms with van der Waals surface area (Å²) in [5.74, 6) is -1.15. The highest BCUT2D eigenvalue weighted by molar-refractivity contribution is 7.90. The van der Waals surface area contributed by atoms with Crippen molar-refractivity contribution in [2.75, 3.05) is 0 Å². The largest absolute Gasteiger partial charge is 0.507 e. The number of aryl methyl sites for hydroxylation is 1. The van der Waals surface area contributed by atoms with E-state index in [2.05, 4.69) is 4.98 Å². The van der Waals surface area contributed by atoms with Crippen LogP contribution >= 0.6 is 0 Å². The second-order valence-corrected chi connectivity index (χ2v) is 12.3. The van der Waals surface area contributed by atoms with Gasteiger partial charge >= 0.3 is 5.97 Å². The van der Waals surface area contributed by atoms with E-state index in [0.717, 1.165) is 18.4 Å². The van der Waals surface area contributed by atoms with Crippen LogP contribution in [0.25, 0.3) is 0 Å². The number of carbonyl (C=O) groups excluding carboxylic acids is 1. The number of cyclic esters (lactones) is 1. The molecule has 1 unspecified atom stereocenters. The molecular formula is C26H36N2O5S. The number of nitrogens with zero attached hydrogens (tertiary/aromatic N) is 2. The van der Waals surface area contributed by atoms with Crippen LogP contribution in [0.3, 0.4) is 0 Å². The predicted molar refractivity (Wildman–Crippen MR) is 131 cm³/mol. The molecule has 8 heteroatoms. The van der Waals surface area contributed by atoms with Gasteiger partial charge in [0.25, 0.3) is 0 Å². The number of hydrogen-bond donors (Lipinski definition) is 1. The fourth-order valence-electron chi connectivity index (χ4n) is 4.95. The molecule has 3 rings (SSSR count). The number of hydrogen-bond acceptors (Lipinski definition) is 6. The molecule has 1 N–H and O–H groups in total. The minimum absolute atomic E-state index is 0.0210. The van der Waals surface area contributed by atoms with Crippen LogP contribution < -0.4 is 0 Å². The number of benzene rings is 1. The normalized spacial score (nSPS) is 17.2.